The van der Waals surface area contributed by atoms with E-state index in [1.807, 2.05) is 4.90 Å². The molecule has 0 radical (unpaired) electrons. The molecule has 2 aliphatic rings. The van der Waals surface area contributed by atoms with Gasteiger partial charge < -0.3 is 15.3 Å². The van der Waals surface area contributed by atoms with Crippen molar-refractivity contribution < 1.29 is 14.7 Å². The number of hydrogen-bond donors (Lipinski definition) is 3. The Morgan fingerprint density at radius 3 is 2.38 bits per heavy atom. The molecule has 7 nitrogen and oxygen atoms in total. The first kappa shape index (κ1) is 18.7. The van der Waals surface area contributed by atoms with Gasteiger partial charge in [-0.25, -0.2) is 4.79 Å². The second-order valence-corrected chi connectivity index (χ2v) is 8.02. The molecule has 1 aromatic carbocycles. The van der Waals surface area contributed by atoms with Crippen molar-refractivity contribution in [3.63, 3.8) is 0 Å². The largest absolute Gasteiger partial charge is 0.378 e. The van der Waals surface area contributed by atoms with Crippen LogP contribution in [0.4, 0.5) is 10.5 Å². The number of amides is 3. The van der Waals surface area contributed by atoms with Crippen molar-refractivity contribution in [2.75, 3.05) is 31.1 Å². The summed E-state index contributed by atoms with van der Waals surface area (Å²) in [6.45, 7) is 9.69. The maximum absolute atomic E-state index is 11.6. The lowest BCUT2D eigenvalue weighted by molar-refractivity contribution is -0.121. The van der Waals surface area contributed by atoms with E-state index in [0.717, 1.165) is 13.1 Å². The van der Waals surface area contributed by atoms with Gasteiger partial charge in [0.25, 0.3) is 5.91 Å². The highest BCUT2D eigenvalue weighted by molar-refractivity contribution is 6.04. The van der Waals surface area contributed by atoms with Crippen molar-refractivity contribution in [1.82, 2.24) is 15.5 Å². The second kappa shape index (κ2) is 7.25. The predicted octanol–water partition coefficient (Wildman–Crippen LogP) is 1.02. The number of urea groups is 1. The Morgan fingerprint density at radius 1 is 1.15 bits per heavy atom. The van der Waals surface area contributed by atoms with E-state index < -0.39 is 18.3 Å². The van der Waals surface area contributed by atoms with E-state index in [9.17, 15) is 14.7 Å². The van der Waals surface area contributed by atoms with Crippen molar-refractivity contribution in [1.29, 1.82) is 0 Å². The fourth-order valence-corrected chi connectivity index (χ4v) is 3.63. The molecule has 0 saturated carbocycles. The zero-order valence-electron chi connectivity index (χ0n) is 15.7. The molecule has 0 aliphatic carbocycles. The van der Waals surface area contributed by atoms with E-state index in [0.29, 0.717) is 13.1 Å². The van der Waals surface area contributed by atoms with Gasteiger partial charge in [-0.3, -0.25) is 15.0 Å². The minimum Gasteiger partial charge on any atom is -0.378 e. The van der Waals surface area contributed by atoms with E-state index in [2.05, 4.69) is 60.6 Å². The Bertz CT molecular complexity index is 678. The number of aliphatic hydroxyl groups excluding tert-OH is 1. The molecule has 2 fully saturated rings. The minimum absolute atomic E-state index is 0.0707. The van der Waals surface area contributed by atoms with Crippen LogP contribution in [0.2, 0.25) is 0 Å². The van der Waals surface area contributed by atoms with Crippen LogP contribution in [0.15, 0.2) is 24.3 Å². The summed E-state index contributed by atoms with van der Waals surface area (Å²) in [6.07, 6.45) is -0.542. The van der Waals surface area contributed by atoms with Gasteiger partial charge in [0.15, 0.2) is 0 Å². The van der Waals surface area contributed by atoms with E-state index in [-0.39, 0.29) is 17.7 Å². The van der Waals surface area contributed by atoms with Crippen LogP contribution in [0.1, 0.15) is 32.8 Å². The average Bonchev–Trinajstić information content (AvgIpc) is 2.91. The highest BCUT2D eigenvalue weighted by Crippen LogP contribution is 2.32. The van der Waals surface area contributed by atoms with Crippen LogP contribution in [-0.2, 0) is 10.2 Å². The first-order valence-electron chi connectivity index (χ1n) is 9.13. The molecule has 3 amide bonds. The molecule has 26 heavy (non-hydrogen) atoms. The number of anilines is 1. The second-order valence-electron chi connectivity index (χ2n) is 8.02. The number of piperazine rings is 1. The summed E-state index contributed by atoms with van der Waals surface area (Å²) in [5, 5.41) is 15.2. The lowest BCUT2D eigenvalue weighted by Gasteiger charge is -2.40. The molecular weight excluding hydrogens is 332 g/mol. The van der Waals surface area contributed by atoms with E-state index in [1.165, 1.54) is 11.3 Å². The summed E-state index contributed by atoms with van der Waals surface area (Å²) in [5.41, 5.74) is 2.64. The Balaban J connectivity index is 1.60. The average molecular weight is 360 g/mol. The van der Waals surface area contributed by atoms with E-state index >= 15 is 0 Å². The number of aliphatic hydroxyl groups is 1. The molecule has 7 heteroatoms. The molecule has 2 aliphatic heterocycles. The Kier molecular flexibility index (Phi) is 5.20. The Labute approximate surface area is 154 Å². The molecule has 2 saturated heterocycles. The number of imide groups is 1. The van der Waals surface area contributed by atoms with Gasteiger partial charge in [-0.05, 0) is 17.0 Å². The van der Waals surface area contributed by atoms with Crippen molar-refractivity contribution in [2.45, 2.75) is 44.9 Å². The van der Waals surface area contributed by atoms with Gasteiger partial charge in [-0.2, -0.15) is 0 Å². The van der Waals surface area contributed by atoms with Crippen LogP contribution in [0.5, 0.6) is 0 Å². The summed E-state index contributed by atoms with van der Waals surface area (Å²) >= 11 is 0. The van der Waals surface area contributed by atoms with Gasteiger partial charge in [-0.15, -0.1) is 0 Å². The fraction of sp³-hybridized carbons (Fsp3) is 0.579. The lowest BCUT2D eigenvalue weighted by Crippen LogP contribution is -2.52. The van der Waals surface area contributed by atoms with Crippen LogP contribution < -0.4 is 15.5 Å². The first-order chi connectivity index (χ1) is 12.3. The lowest BCUT2D eigenvalue weighted by atomic mass is 9.85. The number of para-hydroxylation sites is 1. The highest BCUT2D eigenvalue weighted by atomic mass is 16.3. The number of carbonyl (C=O) groups is 2. The molecular formula is C19H28N4O3. The molecule has 0 spiro atoms. The zero-order chi connectivity index (χ0) is 18.9. The van der Waals surface area contributed by atoms with Crippen molar-refractivity contribution >= 4 is 17.6 Å². The fourth-order valence-electron chi connectivity index (χ4n) is 3.63. The summed E-state index contributed by atoms with van der Waals surface area (Å²) < 4.78 is 0. The predicted molar refractivity (Wildman–Crippen MR) is 100 cm³/mol. The van der Waals surface area contributed by atoms with E-state index in [1.54, 1.807) is 0 Å². The van der Waals surface area contributed by atoms with E-state index in [4.69, 9.17) is 0 Å². The summed E-state index contributed by atoms with van der Waals surface area (Å²) in [6, 6.07) is 7.33. The number of hydrogen-bond acceptors (Lipinski definition) is 5. The van der Waals surface area contributed by atoms with Gasteiger partial charge in [0, 0.05) is 38.3 Å². The number of benzene rings is 1. The summed E-state index contributed by atoms with van der Waals surface area (Å²) in [4.78, 5) is 27.1. The standard InChI is InChI=1S/C19H28N4O3/c1-19(2,3)13-6-4-5-7-15(13)22-8-10-23(11-9-22)16(24)12-14-17(25)21-18(26)20-14/h4-7,14,16,24H,8-12H2,1-3H3,(H2,20,21,25,26). The molecule has 2 heterocycles. The summed E-state index contributed by atoms with van der Waals surface area (Å²) in [5.74, 6) is -0.369. The van der Waals surface area contributed by atoms with Crippen molar-refractivity contribution in [3.8, 4) is 0 Å². The van der Waals surface area contributed by atoms with Gasteiger partial charge in [-0.1, -0.05) is 39.0 Å². The maximum atomic E-state index is 11.6. The topological polar surface area (TPSA) is 84.9 Å². The molecule has 2 unspecified atom stereocenters. The molecule has 3 N–H and O–H groups in total. The van der Waals surface area contributed by atoms with Crippen LogP contribution in [-0.4, -0.2) is 60.4 Å². The third kappa shape index (κ3) is 3.99. The summed E-state index contributed by atoms with van der Waals surface area (Å²) in [7, 11) is 0. The van der Waals surface area contributed by atoms with Gasteiger partial charge >= 0.3 is 6.03 Å². The number of rotatable bonds is 4. The smallest absolute Gasteiger partial charge is 0.322 e. The quantitative estimate of drug-likeness (QED) is 0.698. The van der Waals surface area contributed by atoms with Crippen LogP contribution in [0.3, 0.4) is 0 Å². The maximum Gasteiger partial charge on any atom is 0.322 e. The monoisotopic (exact) mass is 360 g/mol. The molecule has 142 valence electrons. The normalized spacial score (nSPS) is 22.9. The van der Waals surface area contributed by atoms with Gasteiger partial charge in [0.05, 0.1) is 0 Å². The zero-order valence-corrected chi connectivity index (χ0v) is 15.7. The van der Waals surface area contributed by atoms with Gasteiger partial charge in [0.1, 0.15) is 12.3 Å². The van der Waals surface area contributed by atoms with Gasteiger partial charge in [0.2, 0.25) is 0 Å². The van der Waals surface area contributed by atoms with Crippen LogP contribution in [0.25, 0.3) is 0 Å². The third-order valence-electron chi connectivity index (χ3n) is 5.09. The molecule has 3 rings (SSSR count). The van der Waals surface area contributed by atoms with Crippen molar-refractivity contribution in [2.24, 2.45) is 0 Å². The first-order valence-corrected chi connectivity index (χ1v) is 9.13. The molecule has 2 atom stereocenters. The Hall–Kier alpha value is -2.12. The number of nitrogens with zero attached hydrogens (tertiary/aromatic N) is 2. The van der Waals surface area contributed by atoms with Crippen LogP contribution in [0, 0.1) is 0 Å². The minimum atomic E-state index is -0.746. The molecule has 1 aromatic rings. The van der Waals surface area contributed by atoms with Crippen LogP contribution >= 0.6 is 0 Å². The van der Waals surface area contributed by atoms with Crippen molar-refractivity contribution in [3.05, 3.63) is 29.8 Å². The SMILES string of the molecule is CC(C)(C)c1ccccc1N1CCN(C(O)CC2NC(=O)NC2=O)CC1. The molecule has 0 aromatic heterocycles. The number of nitrogens with one attached hydrogen (secondary N) is 2. The number of carbonyl (C=O) groups excluding carboxylic acids is 2. The third-order valence-corrected chi connectivity index (χ3v) is 5.09. The Morgan fingerprint density at radius 2 is 1.81 bits per heavy atom. The molecule has 0 bridgehead atoms. The highest BCUT2D eigenvalue weighted by Gasteiger charge is 2.34.